The van der Waals surface area contributed by atoms with E-state index >= 15 is 0 Å². The third-order valence-electron chi connectivity index (χ3n) is 5.43. The molecule has 0 unspecified atom stereocenters. The van der Waals surface area contributed by atoms with Crippen molar-refractivity contribution in [1.82, 2.24) is 9.88 Å². The highest BCUT2D eigenvalue weighted by Crippen LogP contribution is 2.26. The Balaban J connectivity index is 2.02. The van der Waals surface area contributed by atoms with Gasteiger partial charge in [-0.1, -0.05) is 36.4 Å². The van der Waals surface area contributed by atoms with Gasteiger partial charge in [-0.3, -0.25) is 4.90 Å². The molecular formula is C25H29F2N3O2. The van der Waals surface area contributed by atoms with E-state index in [0.717, 1.165) is 35.4 Å². The number of carbonyl (C=O) groups excluding carboxylic acids is 1. The minimum Gasteiger partial charge on any atom is -0.453 e. The zero-order valence-corrected chi connectivity index (χ0v) is 18.8. The first kappa shape index (κ1) is 23.4. The summed E-state index contributed by atoms with van der Waals surface area (Å²) in [5.41, 5.74) is 3.18. The Bertz CT molecular complexity index is 1050. The fourth-order valence-corrected chi connectivity index (χ4v) is 3.89. The van der Waals surface area contributed by atoms with E-state index in [1.54, 1.807) is 12.1 Å². The van der Waals surface area contributed by atoms with E-state index in [9.17, 15) is 13.6 Å². The average Bonchev–Trinajstić information content (AvgIpc) is 2.83. The summed E-state index contributed by atoms with van der Waals surface area (Å²) in [4.78, 5) is 21.2. The van der Waals surface area contributed by atoms with Crippen LogP contribution in [0.3, 0.4) is 0 Å². The summed E-state index contributed by atoms with van der Waals surface area (Å²) < 4.78 is 31.5. The number of halogens is 2. The number of fused-ring (bicyclic) bond motifs is 1. The second-order valence-corrected chi connectivity index (χ2v) is 7.59. The first-order valence-electron chi connectivity index (χ1n) is 10.7. The van der Waals surface area contributed by atoms with Crippen LogP contribution in [0.4, 0.5) is 19.4 Å². The van der Waals surface area contributed by atoms with E-state index in [1.165, 1.54) is 18.1 Å². The molecule has 1 amide bonds. The molecule has 5 nitrogen and oxygen atoms in total. The monoisotopic (exact) mass is 441 g/mol. The number of rotatable bonds is 9. The minimum absolute atomic E-state index is 0.165. The van der Waals surface area contributed by atoms with Gasteiger partial charge in [0.15, 0.2) is 0 Å². The third-order valence-corrected chi connectivity index (χ3v) is 5.43. The molecule has 0 bridgehead atoms. The highest BCUT2D eigenvalue weighted by atomic mass is 19.1. The van der Waals surface area contributed by atoms with Crippen LogP contribution in [0.5, 0.6) is 0 Å². The maximum absolute atomic E-state index is 13.3. The van der Waals surface area contributed by atoms with Crippen molar-refractivity contribution in [3.63, 3.8) is 0 Å². The molecular weight excluding hydrogens is 412 g/mol. The number of nitrogens with zero attached hydrogens (tertiary/aromatic N) is 3. The standard InChI is InChI=1S/C25H29F2N3O2/c1-4-29(5-2)24-22(13-21-8-6-7-9-23(21)28-24)17-30(25(31)32-3)16-20-11-18(14-26)10-19(12-20)15-27/h6-13H,4-5,14-17H2,1-3H3. The maximum Gasteiger partial charge on any atom is 0.410 e. The van der Waals surface area contributed by atoms with Crippen molar-refractivity contribution in [2.45, 2.75) is 40.3 Å². The number of benzene rings is 2. The molecule has 1 heterocycles. The average molecular weight is 442 g/mol. The van der Waals surface area contributed by atoms with E-state index < -0.39 is 19.4 Å². The number of para-hydroxylation sites is 1. The lowest BCUT2D eigenvalue weighted by Crippen LogP contribution is -2.32. The first-order valence-corrected chi connectivity index (χ1v) is 10.7. The molecule has 0 aliphatic heterocycles. The van der Waals surface area contributed by atoms with Crippen LogP contribution in [0.25, 0.3) is 10.9 Å². The number of alkyl halides is 2. The van der Waals surface area contributed by atoms with Crippen molar-refractivity contribution >= 4 is 22.8 Å². The largest absolute Gasteiger partial charge is 0.453 e. The van der Waals surface area contributed by atoms with Gasteiger partial charge in [0.25, 0.3) is 0 Å². The second-order valence-electron chi connectivity index (χ2n) is 7.59. The minimum atomic E-state index is -0.695. The smallest absolute Gasteiger partial charge is 0.410 e. The normalized spacial score (nSPS) is 10.9. The summed E-state index contributed by atoms with van der Waals surface area (Å²) in [5, 5.41) is 0.974. The summed E-state index contributed by atoms with van der Waals surface area (Å²) >= 11 is 0. The molecule has 0 spiro atoms. The Hall–Kier alpha value is -3.22. The summed E-state index contributed by atoms with van der Waals surface area (Å²) in [6, 6.07) is 14.7. The fourth-order valence-electron chi connectivity index (χ4n) is 3.89. The van der Waals surface area contributed by atoms with Crippen LogP contribution in [0, 0.1) is 0 Å². The highest BCUT2D eigenvalue weighted by Gasteiger charge is 2.20. The topological polar surface area (TPSA) is 45.7 Å². The SMILES string of the molecule is CCN(CC)c1nc2ccccc2cc1CN(Cc1cc(CF)cc(CF)c1)C(=O)OC. The van der Waals surface area contributed by atoms with E-state index in [2.05, 4.69) is 18.7 Å². The van der Waals surface area contributed by atoms with Gasteiger partial charge in [0.2, 0.25) is 0 Å². The number of aromatic nitrogens is 1. The molecule has 0 aliphatic carbocycles. The molecule has 1 aromatic heterocycles. The van der Waals surface area contributed by atoms with E-state index in [-0.39, 0.29) is 13.1 Å². The van der Waals surface area contributed by atoms with Crippen LogP contribution in [0.1, 0.15) is 36.1 Å². The predicted molar refractivity (Wildman–Crippen MR) is 123 cm³/mol. The van der Waals surface area contributed by atoms with Gasteiger partial charge in [0, 0.05) is 30.6 Å². The molecule has 0 atom stereocenters. The molecule has 0 fully saturated rings. The molecule has 7 heteroatoms. The quantitative estimate of drug-likeness (QED) is 0.422. The van der Waals surface area contributed by atoms with Crippen LogP contribution in [-0.4, -0.2) is 36.2 Å². The number of hydrogen-bond acceptors (Lipinski definition) is 4. The Morgan fingerprint density at radius 1 is 0.938 bits per heavy atom. The third kappa shape index (κ3) is 5.33. The zero-order valence-electron chi connectivity index (χ0n) is 18.8. The summed E-state index contributed by atoms with van der Waals surface area (Å²) in [6.07, 6.45) is -0.517. The lowest BCUT2D eigenvalue weighted by atomic mass is 10.1. The number of pyridine rings is 1. The number of carbonyl (C=O) groups is 1. The number of methoxy groups -OCH3 is 1. The Morgan fingerprint density at radius 2 is 1.56 bits per heavy atom. The van der Waals surface area contributed by atoms with Gasteiger partial charge in [-0.05, 0) is 42.7 Å². The van der Waals surface area contributed by atoms with Crippen molar-refractivity contribution in [2.24, 2.45) is 0 Å². The van der Waals surface area contributed by atoms with Crippen molar-refractivity contribution in [2.75, 3.05) is 25.1 Å². The van der Waals surface area contributed by atoms with Crippen molar-refractivity contribution in [3.8, 4) is 0 Å². The Morgan fingerprint density at radius 3 is 2.16 bits per heavy atom. The Kier molecular flexibility index (Phi) is 7.98. The molecule has 3 aromatic rings. The lowest BCUT2D eigenvalue weighted by Gasteiger charge is -2.27. The summed E-state index contributed by atoms with van der Waals surface area (Å²) in [5.74, 6) is 0.810. The zero-order chi connectivity index (χ0) is 23.1. The number of hydrogen-bond donors (Lipinski definition) is 0. The maximum atomic E-state index is 13.3. The molecule has 0 N–H and O–H groups in total. The number of amides is 1. The van der Waals surface area contributed by atoms with E-state index in [4.69, 9.17) is 9.72 Å². The molecule has 32 heavy (non-hydrogen) atoms. The van der Waals surface area contributed by atoms with E-state index in [0.29, 0.717) is 16.7 Å². The first-order chi connectivity index (χ1) is 15.5. The fraction of sp³-hybridized carbons (Fsp3) is 0.360. The molecule has 2 aromatic carbocycles. The molecule has 0 saturated carbocycles. The molecule has 0 radical (unpaired) electrons. The van der Waals surface area contributed by atoms with Crippen LogP contribution in [0.15, 0.2) is 48.5 Å². The van der Waals surface area contributed by atoms with Gasteiger partial charge in [0.05, 0.1) is 19.2 Å². The van der Waals surface area contributed by atoms with Crippen molar-refractivity contribution in [3.05, 3.63) is 70.8 Å². The van der Waals surface area contributed by atoms with Crippen molar-refractivity contribution < 1.29 is 18.3 Å². The molecule has 0 aliphatic rings. The van der Waals surface area contributed by atoms with Gasteiger partial charge < -0.3 is 9.64 Å². The van der Waals surface area contributed by atoms with Gasteiger partial charge in [-0.2, -0.15) is 0 Å². The Labute approximate surface area is 187 Å². The van der Waals surface area contributed by atoms with Crippen molar-refractivity contribution in [1.29, 1.82) is 0 Å². The molecule has 170 valence electrons. The number of anilines is 1. The van der Waals surface area contributed by atoms with Gasteiger partial charge in [0.1, 0.15) is 19.2 Å². The van der Waals surface area contributed by atoms with Crippen LogP contribution in [-0.2, 0) is 31.2 Å². The second kappa shape index (κ2) is 10.9. The van der Waals surface area contributed by atoms with E-state index in [1.807, 2.05) is 30.3 Å². The van der Waals surface area contributed by atoms with Gasteiger partial charge in [-0.15, -0.1) is 0 Å². The lowest BCUT2D eigenvalue weighted by molar-refractivity contribution is 0.118. The van der Waals surface area contributed by atoms with Crippen LogP contribution < -0.4 is 4.90 Å². The van der Waals surface area contributed by atoms with Gasteiger partial charge in [-0.25, -0.2) is 18.6 Å². The highest BCUT2D eigenvalue weighted by molar-refractivity contribution is 5.82. The summed E-state index contributed by atoms with van der Waals surface area (Å²) in [6.45, 7) is 4.68. The molecule has 0 saturated heterocycles. The van der Waals surface area contributed by atoms with Gasteiger partial charge >= 0.3 is 6.09 Å². The van der Waals surface area contributed by atoms with Crippen LogP contribution in [0.2, 0.25) is 0 Å². The predicted octanol–water partition coefficient (Wildman–Crippen LogP) is 5.79. The summed E-state index contributed by atoms with van der Waals surface area (Å²) in [7, 11) is 1.32. The van der Waals surface area contributed by atoms with Crippen LogP contribution >= 0.6 is 0 Å². The number of ether oxygens (including phenoxy) is 1. The molecule has 3 rings (SSSR count).